The molecule has 104 valence electrons. The lowest BCUT2D eigenvalue weighted by molar-refractivity contribution is 0.0696. The van der Waals surface area contributed by atoms with Gasteiger partial charge in [-0.3, -0.25) is 0 Å². The molecule has 1 aromatic rings. The molecule has 0 bridgehead atoms. The van der Waals surface area contributed by atoms with Gasteiger partial charge >= 0.3 is 5.97 Å². The third kappa shape index (κ3) is 3.81. The van der Waals surface area contributed by atoms with Crippen molar-refractivity contribution in [1.82, 2.24) is 4.98 Å². The second-order valence-corrected chi connectivity index (χ2v) is 5.13. The Labute approximate surface area is 114 Å². The number of carbonyl (C=O) groups is 1. The molecular formula is C15H22N2O2. The van der Waals surface area contributed by atoms with Crippen molar-refractivity contribution in [2.24, 2.45) is 0 Å². The van der Waals surface area contributed by atoms with Crippen LogP contribution in [0.4, 0.5) is 5.82 Å². The van der Waals surface area contributed by atoms with Crippen molar-refractivity contribution in [2.75, 3.05) is 11.4 Å². The summed E-state index contributed by atoms with van der Waals surface area (Å²) >= 11 is 0. The topological polar surface area (TPSA) is 53.4 Å². The molecule has 0 spiro atoms. The number of aromatic carboxylic acids is 1. The predicted molar refractivity (Wildman–Crippen MR) is 78.0 cm³/mol. The smallest absolute Gasteiger partial charge is 0.335 e. The molecule has 0 aliphatic heterocycles. The fraction of sp³-hybridized carbons (Fsp3) is 0.467. The summed E-state index contributed by atoms with van der Waals surface area (Å²) in [6.07, 6.45) is 1.80. The number of carboxylic acid groups (broad SMARTS) is 1. The first kappa shape index (κ1) is 15.2. The summed E-state index contributed by atoms with van der Waals surface area (Å²) in [7, 11) is 0. The second-order valence-electron chi connectivity index (χ2n) is 5.13. The largest absolute Gasteiger partial charge is 0.478 e. The SMILES string of the molecule is C=CCN(c1cc(C(=O)O)cc(C(C)C)n1)C(C)C. The molecule has 4 nitrogen and oxygen atoms in total. The summed E-state index contributed by atoms with van der Waals surface area (Å²) in [5, 5.41) is 9.20. The van der Waals surface area contributed by atoms with Gasteiger partial charge < -0.3 is 10.0 Å². The van der Waals surface area contributed by atoms with E-state index in [0.29, 0.717) is 12.4 Å². The van der Waals surface area contributed by atoms with Crippen molar-refractivity contribution in [3.63, 3.8) is 0 Å². The van der Waals surface area contributed by atoms with Crippen LogP contribution in [0, 0.1) is 0 Å². The number of aromatic nitrogens is 1. The Morgan fingerprint density at radius 1 is 1.42 bits per heavy atom. The van der Waals surface area contributed by atoms with E-state index in [4.69, 9.17) is 0 Å². The van der Waals surface area contributed by atoms with Gasteiger partial charge in [0, 0.05) is 18.3 Å². The van der Waals surface area contributed by atoms with Crippen molar-refractivity contribution in [3.05, 3.63) is 36.0 Å². The number of nitrogens with zero attached hydrogens (tertiary/aromatic N) is 2. The minimum Gasteiger partial charge on any atom is -0.478 e. The molecular weight excluding hydrogens is 240 g/mol. The zero-order valence-electron chi connectivity index (χ0n) is 12.1. The molecule has 0 aliphatic rings. The van der Waals surface area contributed by atoms with Gasteiger partial charge in [0.2, 0.25) is 0 Å². The molecule has 4 heteroatoms. The van der Waals surface area contributed by atoms with Crippen molar-refractivity contribution in [1.29, 1.82) is 0 Å². The van der Waals surface area contributed by atoms with E-state index in [1.54, 1.807) is 18.2 Å². The molecule has 0 radical (unpaired) electrons. The Hall–Kier alpha value is -1.84. The third-order valence-electron chi connectivity index (χ3n) is 2.91. The van der Waals surface area contributed by atoms with Gasteiger partial charge in [-0.1, -0.05) is 19.9 Å². The first-order chi connectivity index (χ1) is 8.86. The maximum absolute atomic E-state index is 11.2. The molecule has 0 fully saturated rings. The van der Waals surface area contributed by atoms with Crippen LogP contribution in [0.1, 0.15) is 49.7 Å². The van der Waals surface area contributed by atoms with Crippen molar-refractivity contribution in [2.45, 2.75) is 39.7 Å². The van der Waals surface area contributed by atoms with E-state index in [0.717, 1.165) is 5.69 Å². The van der Waals surface area contributed by atoms with Crippen LogP contribution in [0.2, 0.25) is 0 Å². The normalized spacial score (nSPS) is 10.8. The molecule has 0 saturated carbocycles. The van der Waals surface area contributed by atoms with Crippen LogP contribution in [0.25, 0.3) is 0 Å². The lowest BCUT2D eigenvalue weighted by Gasteiger charge is -2.27. The summed E-state index contributed by atoms with van der Waals surface area (Å²) in [5.74, 6) is -0.0397. The van der Waals surface area contributed by atoms with Crippen molar-refractivity contribution >= 4 is 11.8 Å². The van der Waals surface area contributed by atoms with Crippen molar-refractivity contribution in [3.8, 4) is 0 Å². The number of hydrogen-bond donors (Lipinski definition) is 1. The molecule has 19 heavy (non-hydrogen) atoms. The van der Waals surface area contributed by atoms with Gasteiger partial charge in [-0.2, -0.15) is 0 Å². The van der Waals surface area contributed by atoms with E-state index in [1.807, 2.05) is 32.6 Å². The van der Waals surface area contributed by atoms with Gasteiger partial charge in [0.25, 0.3) is 0 Å². The highest BCUT2D eigenvalue weighted by atomic mass is 16.4. The van der Waals surface area contributed by atoms with E-state index in [2.05, 4.69) is 11.6 Å². The highest BCUT2D eigenvalue weighted by molar-refractivity contribution is 5.88. The summed E-state index contributed by atoms with van der Waals surface area (Å²) in [6.45, 7) is 12.5. The minimum absolute atomic E-state index is 0.191. The second kappa shape index (κ2) is 6.36. The minimum atomic E-state index is -0.923. The van der Waals surface area contributed by atoms with E-state index < -0.39 is 5.97 Å². The van der Waals surface area contributed by atoms with Gasteiger partial charge in [0.05, 0.1) is 5.56 Å². The van der Waals surface area contributed by atoms with Crippen LogP contribution >= 0.6 is 0 Å². The predicted octanol–water partition coefficient (Wildman–Crippen LogP) is 3.30. The maximum Gasteiger partial charge on any atom is 0.335 e. The molecule has 1 N–H and O–H groups in total. The van der Waals surface area contributed by atoms with Gasteiger partial charge in [0.15, 0.2) is 0 Å². The standard InChI is InChI=1S/C15H22N2O2/c1-6-7-17(11(4)5)14-9-12(15(18)19)8-13(16-14)10(2)3/h6,8-11H,1,7H2,2-5H3,(H,18,19). The Morgan fingerprint density at radius 2 is 2.05 bits per heavy atom. The van der Waals surface area contributed by atoms with Gasteiger partial charge in [-0.05, 0) is 31.9 Å². The van der Waals surface area contributed by atoms with Crippen molar-refractivity contribution < 1.29 is 9.90 Å². The van der Waals surface area contributed by atoms with Gasteiger partial charge in [-0.15, -0.1) is 6.58 Å². The van der Waals surface area contributed by atoms with Crippen LogP contribution in [-0.2, 0) is 0 Å². The van der Waals surface area contributed by atoms with Crippen LogP contribution in [0.3, 0.4) is 0 Å². The number of anilines is 1. The quantitative estimate of drug-likeness (QED) is 0.799. The first-order valence-corrected chi connectivity index (χ1v) is 6.49. The number of rotatable bonds is 6. The molecule has 0 unspecified atom stereocenters. The van der Waals surface area contributed by atoms with Gasteiger partial charge in [-0.25, -0.2) is 9.78 Å². The number of pyridine rings is 1. The maximum atomic E-state index is 11.2. The molecule has 1 heterocycles. The highest BCUT2D eigenvalue weighted by Gasteiger charge is 2.16. The van der Waals surface area contributed by atoms with E-state index in [1.165, 1.54) is 0 Å². The Morgan fingerprint density at radius 3 is 2.47 bits per heavy atom. The fourth-order valence-corrected chi connectivity index (χ4v) is 1.81. The van der Waals surface area contributed by atoms with E-state index in [9.17, 15) is 9.90 Å². The zero-order chi connectivity index (χ0) is 14.6. The monoisotopic (exact) mass is 262 g/mol. The molecule has 0 aromatic carbocycles. The van der Waals surface area contributed by atoms with Gasteiger partial charge in [0.1, 0.15) is 5.82 Å². The highest BCUT2D eigenvalue weighted by Crippen LogP contribution is 2.22. The van der Waals surface area contributed by atoms with E-state index in [-0.39, 0.29) is 17.5 Å². The Balaban J connectivity index is 3.31. The fourth-order valence-electron chi connectivity index (χ4n) is 1.81. The summed E-state index contributed by atoms with van der Waals surface area (Å²) in [6, 6.07) is 3.50. The zero-order valence-corrected chi connectivity index (χ0v) is 12.1. The lowest BCUT2D eigenvalue weighted by atomic mass is 10.1. The summed E-state index contributed by atoms with van der Waals surface area (Å²) in [4.78, 5) is 17.8. The number of carboxylic acids is 1. The van der Waals surface area contributed by atoms with Crippen LogP contribution in [0.5, 0.6) is 0 Å². The average molecular weight is 262 g/mol. The Kier molecular flexibility index (Phi) is 5.10. The molecule has 0 saturated heterocycles. The molecule has 1 rings (SSSR count). The number of hydrogen-bond acceptors (Lipinski definition) is 3. The van der Waals surface area contributed by atoms with Crippen LogP contribution in [-0.4, -0.2) is 28.6 Å². The summed E-state index contributed by atoms with van der Waals surface area (Å²) < 4.78 is 0. The molecule has 0 atom stereocenters. The van der Waals surface area contributed by atoms with Crippen LogP contribution in [0.15, 0.2) is 24.8 Å². The Bertz CT molecular complexity index is 467. The van der Waals surface area contributed by atoms with E-state index >= 15 is 0 Å². The molecule has 1 aromatic heterocycles. The molecule has 0 aliphatic carbocycles. The van der Waals surface area contributed by atoms with Crippen LogP contribution < -0.4 is 4.90 Å². The molecule has 0 amide bonds. The lowest BCUT2D eigenvalue weighted by Crippen LogP contribution is -2.32. The third-order valence-corrected chi connectivity index (χ3v) is 2.91. The first-order valence-electron chi connectivity index (χ1n) is 6.49. The average Bonchev–Trinajstić information content (AvgIpc) is 2.34. The summed E-state index contributed by atoms with van der Waals surface area (Å²) in [5.41, 5.74) is 1.08.